The molecule has 2 aromatic rings. The van der Waals surface area contributed by atoms with Crippen molar-refractivity contribution in [3.05, 3.63) is 51.4 Å². The minimum absolute atomic E-state index is 0.0233. The van der Waals surface area contributed by atoms with Crippen molar-refractivity contribution in [1.29, 1.82) is 0 Å². The SMILES string of the molecule is COc1ccc(CN(C)C[C@](C)(O)Cn2cc([N+](=O)[O-])nc2Cl)cc1. The van der Waals surface area contributed by atoms with Gasteiger partial charge in [-0.3, -0.25) is 9.47 Å². The first-order chi connectivity index (χ1) is 11.7. The lowest BCUT2D eigenvalue weighted by Crippen LogP contribution is -2.42. The molecule has 0 aliphatic heterocycles. The zero-order valence-electron chi connectivity index (χ0n) is 14.3. The van der Waals surface area contributed by atoms with Crippen LogP contribution in [0.25, 0.3) is 0 Å². The predicted octanol–water partition coefficient (Wildman–Crippen LogP) is 2.34. The fraction of sp³-hybridized carbons (Fsp3) is 0.438. The molecule has 2 rings (SSSR count). The van der Waals surface area contributed by atoms with E-state index >= 15 is 0 Å². The standard InChI is InChI=1S/C16H21ClN4O4/c1-16(22,11-20-9-14(21(23)24)18-15(20)17)10-19(2)8-12-4-6-13(25-3)7-5-12/h4-7,9,22H,8,10-11H2,1-3H3/t16-/m0/s1. The van der Waals surface area contributed by atoms with E-state index in [0.717, 1.165) is 11.3 Å². The molecule has 25 heavy (non-hydrogen) atoms. The predicted molar refractivity (Wildman–Crippen MR) is 93.8 cm³/mol. The topological polar surface area (TPSA) is 93.7 Å². The summed E-state index contributed by atoms with van der Waals surface area (Å²) in [4.78, 5) is 15.7. The Morgan fingerprint density at radius 1 is 1.44 bits per heavy atom. The number of methoxy groups -OCH3 is 1. The van der Waals surface area contributed by atoms with Crippen molar-refractivity contribution in [1.82, 2.24) is 14.5 Å². The molecule has 1 N–H and O–H groups in total. The molecule has 0 saturated heterocycles. The molecule has 0 unspecified atom stereocenters. The van der Waals surface area contributed by atoms with Crippen LogP contribution in [0, 0.1) is 10.1 Å². The third-order valence-corrected chi connectivity index (χ3v) is 3.94. The van der Waals surface area contributed by atoms with Gasteiger partial charge in [-0.25, -0.2) is 0 Å². The van der Waals surface area contributed by atoms with E-state index in [1.54, 1.807) is 14.0 Å². The lowest BCUT2D eigenvalue weighted by molar-refractivity contribution is -0.389. The average Bonchev–Trinajstić information content (AvgIpc) is 2.88. The molecule has 1 aromatic heterocycles. The summed E-state index contributed by atoms with van der Waals surface area (Å²) >= 11 is 5.90. The average molecular weight is 369 g/mol. The summed E-state index contributed by atoms with van der Waals surface area (Å²) in [6.07, 6.45) is 1.22. The van der Waals surface area contributed by atoms with Crippen molar-refractivity contribution in [2.45, 2.75) is 25.6 Å². The van der Waals surface area contributed by atoms with Crippen molar-refractivity contribution in [3.8, 4) is 5.75 Å². The molecule has 8 nitrogen and oxygen atoms in total. The highest BCUT2D eigenvalue weighted by Gasteiger charge is 2.27. The first-order valence-electron chi connectivity index (χ1n) is 7.61. The van der Waals surface area contributed by atoms with Gasteiger partial charge < -0.3 is 20.0 Å². The summed E-state index contributed by atoms with van der Waals surface area (Å²) in [5.74, 6) is 0.446. The fourth-order valence-corrected chi connectivity index (χ4v) is 2.87. The number of halogens is 1. The molecule has 1 atom stereocenters. The molecule has 0 amide bonds. The van der Waals surface area contributed by atoms with Crippen LogP contribution >= 0.6 is 11.6 Å². The van der Waals surface area contributed by atoms with Crippen LogP contribution in [0.2, 0.25) is 5.28 Å². The smallest absolute Gasteiger partial charge is 0.383 e. The van der Waals surface area contributed by atoms with Gasteiger partial charge in [-0.1, -0.05) is 12.1 Å². The second kappa shape index (κ2) is 7.81. The third-order valence-electron chi connectivity index (χ3n) is 3.64. The number of aliphatic hydroxyl groups is 1. The van der Waals surface area contributed by atoms with E-state index in [0.29, 0.717) is 13.1 Å². The van der Waals surface area contributed by atoms with Gasteiger partial charge in [-0.15, -0.1) is 0 Å². The third kappa shape index (κ3) is 5.42. The van der Waals surface area contributed by atoms with Gasteiger partial charge in [-0.05, 0) is 53.2 Å². The Balaban J connectivity index is 1.98. The van der Waals surface area contributed by atoms with Crippen LogP contribution in [-0.4, -0.2) is 50.8 Å². The van der Waals surface area contributed by atoms with E-state index in [1.807, 2.05) is 36.2 Å². The zero-order chi connectivity index (χ0) is 18.6. The van der Waals surface area contributed by atoms with Crippen LogP contribution in [0.5, 0.6) is 5.75 Å². The monoisotopic (exact) mass is 368 g/mol. The molecule has 0 saturated carbocycles. The molecule has 0 bridgehead atoms. The lowest BCUT2D eigenvalue weighted by atomic mass is 10.1. The Bertz CT molecular complexity index is 730. The minimum Gasteiger partial charge on any atom is -0.497 e. The second-order valence-corrected chi connectivity index (χ2v) is 6.61. The number of rotatable bonds is 8. The van der Waals surface area contributed by atoms with Gasteiger partial charge >= 0.3 is 11.1 Å². The summed E-state index contributed by atoms with van der Waals surface area (Å²) in [6.45, 7) is 2.73. The molecule has 136 valence electrons. The summed E-state index contributed by atoms with van der Waals surface area (Å²) < 4.78 is 6.50. The van der Waals surface area contributed by atoms with Crippen LogP contribution in [0.4, 0.5) is 5.82 Å². The number of aromatic nitrogens is 2. The van der Waals surface area contributed by atoms with Gasteiger partial charge in [0.2, 0.25) is 0 Å². The first kappa shape index (κ1) is 19.2. The Morgan fingerprint density at radius 3 is 2.60 bits per heavy atom. The molecule has 1 heterocycles. The molecule has 0 fully saturated rings. The maximum Gasteiger partial charge on any atom is 0.383 e. The first-order valence-corrected chi connectivity index (χ1v) is 7.99. The second-order valence-electron chi connectivity index (χ2n) is 6.27. The summed E-state index contributed by atoms with van der Waals surface area (Å²) in [6, 6.07) is 7.68. The van der Waals surface area contributed by atoms with Crippen molar-refractivity contribution < 1.29 is 14.8 Å². The number of nitrogens with zero attached hydrogens (tertiary/aromatic N) is 4. The van der Waals surface area contributed by atoms with E-state index in [9.17, 15) is 15.2 Å². The van der Waals surface area contributed by atoms with Crippen molar-refractivity contribution in [2.75, 3.05) is 20.7 Å². The fourth-order valence-electron chi connectivity index (χ4n) is 2.68. The quantitative estimate of drug-likeness (QED) is 0.567. The number of benzene rings is 1. The number of nitro groups is 1. The Morgan fingerprint density at radius 2 is 2.08 bits per heavy atom. The van der Waals surface area contributed by atoms with Gasteiger partial charge in [0.15, 0.2) is 0 Å². The maximum atomic E-state index is 10.8. The van der Waals surface area contributed by atoms with Gasteiger partial charge in [0.05, 0.1) is 19.3 Å². The van der Waals surface area contributed by atoms with Gasteiger partial charge in [0.25, 0.3) is 0 Å². The van der Waals surface area contributed by atoms with E-state index in [2.05, 4.69) is 4.98 Å². The van der Waals surface area contributed by atoms with Gasteiger partial charge in [0.1, 0.15) is 11.9 Å². The highest BCUT2D eigenvalue weighted by atomic mass is 35.5. The molecule has 0 radical (unpaired) electrons. The number of hydrogen-bond donors (Lipinski definition) is 1. The van der Waals surface area contributed by atoms with Crippen LogP contribution in [0.3, 0.4) is 0 Å². The summed E-state index contributed by atoms with van der Waals surface area (Å²) in [5.41, 5.74) is -0.0604. The maximum absolute atomic E-state index is 10.8. The molecule has 1 aromatic carbocycles. The lowest BCUT2D eigenvalue weighted by Gasteiger charge is -2.29. The summed E-state index contributed by atoms with van der Waals surface area (Å²) in [7, 11) is 3.50. The van der Waals surface area contributed by atoms with Crippen LogP contribution in [0.15, 0.2) is 30.5 Å². The number of ether oxygens (including phenoxy) is 1. The molecule has 0 aliphatic rings. The molecule has 0 spiro atoms. The highest BCUT2D eigenvalue weighted by molar-refractivity contribution is 6.28. The van der Waals surface area contributed by atoms with Crippen molar-refractivity contribution in [2.24, 2.45) is 0 Å². The van der Waals surface area contributed by atoms with Crippen molar-refractivity contribution >= 4 is 17.4 Å². The zero-order valence-corrected chi connectivity index (χ0v) is 15.1. The number of imidazole rings is 1. The molecule has 9 heteroatoms. The normalized spacial score (nSPS) is 13.7. The molecular formula is C16H21ClN4O4. The van der Waals surface area contributed by atoms with Gasteiger partial charge in [0, 0.05) is 13.1 Å². The molecule has 0 aliphatic carbocycles. The number of likely N-dealkylation sites (N-methyl/N-ethyl adjacent to an activating group) is 1. The Kier molecular flexibility index (Phi) is 5.99. The van der Waals surface area contributed by atoms with E-state index in [1.165, 1.54) is 10.8 Å². The summed E-state index contributed by atoms with van der Waals surface area (Å²) in [5, 5.41) is 21.4. The van der Waals surface area contributed by atoms with E-state index in [4.69, 9.17) is 16.3 Å². The van der Waals surface area contributed by atoms with Crippen LogP contribution < -0.4 is 4.74 Å². The van der Waals surface area contributed by atoms with E-state index < -0.39 is 10.5 Å². The minimum atomic E-state index is -1.14. The largest absolute Gasteiger partial charge is 0.497 e. The van der Waals surface area contributed by atoms with E-state index in [-0.39, 0.29) is 17.6 Å². The number of hydrogen-bond acceptors (Lipinski definition) is 6. The van der Waals surface area contributed by atoms with Crippen LogP contribution in [-0.2, 0) is 13.1 Å². The van der Waals surface area contributed by atoms with Gasteiger partial charge in [-0.2, -0.15) is 0 Å². The Labute approximate surface area is 150 Å². The van der Waals surface area contributed by atoms with Crippen LogP contribution in [0.1, 0.15) is 12.5 Å². The molecular weight excluding hydrogens is 348 g/mol. The highest BCUT2D eigenvalue weighted by Crippen LogP contribution is 2.20. The Hall–Kier alpha value is -2.16. The van der Waals surface area contributed by atoms with Crippen molar-refractivity contribution in [3.63, 3.8) is 0 Å².